The molecule has 6 aliphatic rings. The molecule has 1 atom stereocenters. The van der Waals surface area contributed by atoms with Crippen LogP contribution in [-0.2, 0) is 21.9 Å². The van der Waals surface area contributed by atoms with Crippen molar-refractivity contribution in [3.8, 4) is 34.5 Å². The van der Waals surface area contributed by atoms with Gasteiger partial charge in [-0.15, -0.1) is 9.13 Å². The molecule has 3 aromatic carbocycles. The van der Waals surface area contributed by atoms with E-state index in [0.717, 1.165) is 28.7 Å². The van der Waals surface area contributed by atoms with Crippen molar-refractivity contribution in [2.75, 3.05) is 4.90 Å². The highest BCUT2D eigenvalue weighted by atomic mass is 16.5. The molecule has 0 aliphatic carbocycles. The molecule has 5 heteroatoms. The first-order chi connectivity index (χ1) is 21.0. The number of ether oxygens (including phenoxy) is 2. The molecule has 1 unspecified atom stereocenters. The maximum atomic E-state index is 6.89. The third-order valence-electron chi connectivity index (χ3n) is 11.6. The lowest BCUT2D eigenvalue weighted by molar-refractivity contribution is -0.937. The van der Waals surface area contributed by atoms with E-state index in [1.165, 1.54) is 62.0 Å². The Morgan fingerprint density at radius 3 is 2.00 bits per heavy atom. The number of rotatable bonds is 0. The Kier molecular flexibility index (Phi) is 3.54. The van der Waals surface area contributed by atoms with Gasteiger partial charge in [0.2, 0.25) is 5.69 Å². The van der Waals surface area contributed by atoms with Gasteiger partial charge in [-0.2, -0.15) is 4.90 Å². The molecule has 44 heavy (non-hydrogen) atoms. The van der Waals surface area contributed by atoms with Gasteiger partial charge in [-0.25, -0.2) is 0 Å². The number of aromatic nitrogens is 2. The molecule has 0 radical (unpaired) electrons. The Labute approximate surface area is 256 Å². The van der Waals surface area contributed by atoms with Crippen LogP contribution in [0.25, 0.3) is 11.4 Å². The Morgan fingerprint density at radius 2 is 1.25 bits per heavy atom. The van der Waals surface area contributed by atoms with Gasteiger partial charge in [0.15, 0.2) is 22.6 Å². The number of anilines is 3. The molecule has 1 spiro atoms. The van der Waals surface area contributed by atoms with E-state index in [1.807, 2.05) is 0 Å². The number of hydrogen-bond acceptors (Lipinski definition) is 3. The van der Waals surface area contributed by atoms with Gasteiger partial charge in [-0.3, -0.25) is 0 Å². The van der Waals surface area contributed by atoms with Crippen molar-refractivity contribution < 1.29 is 18.6 Å². The van der Waals surface area contributed by atoms with Crippen LogP contribution in [0.5, 0.6) is 23.1 Å². The van der Waals surface area contributed by atoms with Gasteiger partial charge in [-0.1, -0.05) is 78.8 Å². The minimum absolute atomic E-state index is 0.0483. The van der Waals surface area contributed by atoms with Crippen molar-refractivity contribution in [1.29, 1.82) is 0 Å². The number of fused-ring (bicyclic) bond motifs is 1. The average Bonchev–Trinajstić information content (AvgIpc) is 3.28. The molecule has 5 nitrogen and oxygen atoms in total. The predicted molar refractivity (Wildman–Crippen MR) is 168 cm³/mol. The third kappa shape index (κ3) is 2.16. The molecule has 0 amide bonds. The molecule has 0 N–H and O–H groups in total. The SMILES string of the molecule is CC(C)(C)c1cc2[n+]3c(c1)-c1ccc4c5[n+]1C31c3c(cccc3O2)Oc2ccc3c(c21)N5c1c(cccc1C4(C)C)C3(C)C. The van der Waals surface area contributed by atoms with Crippen LogP contribution in [0.15, 0.2) is 72.8 Å². The van der Waals surface area contributed by atoms with E-state index in [9.17, 15) is 0 Å². The first kappa shape index (κ1) is 23.8. The van der Waals surface area contributed by atoms with Crippen LogP contribution >= 0.6 is 0 Å². The Morgan fingerprint density at radius 1 is 0.614 bits per heavy atom. The van der Waals surface area contributed by atoms with E-state index >= 15 is 0 Å². The summed E-state index contributed by atoms with van der Waals surface area (Å²) in [4.78, 5) is 2.60. The molecule has 11 rings (SSSR count). The smallest absolute Gasteiger partial charge is 0.381 e. The molecule has 2 aromatic heterocycles. The second kappa shape index (κ2) is 6.56. The van der Waals surface area contributed by atoms with Gasteiger partial charge in [0.1, 0.15) is 17.2 Å². The summed E-state index contributed by atoms with van der Waals surface area (Å²) in [6.45, 7) is 16.4. The summed E-state index contributed by atoms with van der Waals surface area (Å²) in [5, 5.41) is 0. The van der Waals surface area contributed by atoms with Crippen molar-refractivity contribution in [1.82, 2.24) is 0 Å². The van der Waals surface area contributed by atoms with Crippen molar-refractivity contribution in [3.05, 3.63) is 112 Å². The van der Waals surface area contributed by atoms with Crippen molar-refractivity contribution >= 4 is 17.2 Å². The number of para-hydroxylation sites is 1. The monoisotopic (exact) mass is 575 g/mol. The van der Waals surface area contributed by atoms with Gasteiger partial charge in [0.05, 0.1) is 11.6 Å². The number of benzene rings is 3. The first-order valence-corrected chi connectivity index (χ1v) is 15.8. The van der Waals surface area contributed by atoms with Gasteiger partial charge in [0.25, 0.3) is 11.5 Å². The molecule has 0 fully saturated rings. The highest BCUT2D eigenvalue weighted by Crippen LogP contribution is 2.68. The fourth-order valence-electron chi connectivity index (χ4n) is 9.45. The van der Waals surface area contributed by atoms with Gasteiger partial charge < -0.3 is 9.47 Å². The maximum absolute atomic E-state index is 6.89. The van der Waals surface area contributed by atoms with Crippen LogP contribution in [0.3, 0.4) is 0 Å². The van der Waals surface area contributed by atoms with E-state index in [0.29, 0.717) is 0 Å². The Balaban J connectivity index is 1.44. The molecule has 8 heterocycles. The average molecular weight is 576 g/mol. The van der Waals surface area contributed by atoms with Crippen LogP contribution < -0.4 is 23.5 Å². The minimum atomic E-state index is -0.683. The lowest BCUT2D eigenvalue weighted by Gasteiger charge is -2.49. The third-order valence-corrected chi connectivity index (χ3v) is 11.6. The van der Waals surface area contributed by atoms with Crippen LogP contribution in [0.4, 0.5) is 17.2 Å². The zero-order valence-corrected chi connectivity index (χ0v) is 26.1. The standard InChI is InChI=1S/C39H33N3O2/c1-36(2,3)20-18-26-25-16-14-24-35-40-33-21(10-8-11-22(33)38(24,6)7)37(4,5)23-15-17-29-32(34(23)40)39(42(25)35)31-27(43-29)12-9-13-28(31)44-30(19-20)41(26)39/h8-19H,1-7H3/q+2. The summed E-state index contributed by atoms with van der Waals surface area (Å²) in [6.07, 6.45) is 0. The van der Waals surface area contributed by atoms with Gasteiger partial charge >= 0.3 is 11.5 Å². The van der Waals surface area contributed by atoms with Gasteiger partial charge in [0, 0.05) is 33.6 Å². The second-order valence-electron chi connectivity index (χ2n) is 15.5. The molecule has 6 aliphatic heterocycles. The summed E-state index contributed by atoms with van der Waals surface area (Å²) in [5.41, 5.74) is 12.8. The normalized spacial score (nSPS) is 21.4. The van der Waals surface area contributed by atoms with E-state index in [-0.39, 0.29) is 16.2 Å². The van der Waals surface area contributed by atoms with Crippen molar-refractivity contribution in [2.45, 2.75) is 70.4 Å². The predicted octanol–water partition coefficient (Wildman–Crippen LogP) is 8.11. The topological polar surface area (TPSA) is 29.5 Å². The van der Waals surface area contributed by atoms with Crippen LogP contribution in [0.2, 0.25) is 0 Å². The summed E-state index contributed by atoms with van der Waals surface area (Å²) in [7, 11) is 0. The second-order valence-corrected chi connectivity index (χ2v) is 15.5. The molecule has 0 saturated carbocycles. The lowest BCUT2D eigenvalue weighted by Crippen LogP contribution is -2.76. The molecule has 0 bridgehead atoms. The summed E-state index contributed by atoms with van der Waals surface area (Å²) in [6, 6.07) is 27.2. The van der Waals surface area contributed by atoms with E-state index in [1.54, 1.807) is 0 Å². The van der Waals surface area contributed by atoms with Crippen LogP contribution in [0.1, 0.15) is 87.4 Å². The van der Waals surface area contributed by atoms with Crippen LogP contribution in [0, 0.1) is 0 Å². The highest BCUT2D eigenvalue weighted by molar-refractivity contribution is 5.95. The molecule has 214 valence electrons. The summed E-state index contributed by atoms with van der Waals surface area (Å²) < 4.78 is 18.9. The van der Waals surface area contributed by atoms with Crippen LogP contribution in [-0.4, -0.2) is 0 Å². The largest absolute Gasteiger partial charge is 0.455 e. The zero-order chi connectivity index (χ0) is 29.9. The zero-order valence-electron chi connectivity index (χ0n) is 26.1. The summed E-state index contributed by atoms with van der Waals surface area (Å²) >= 11 is 0. The van der Waals surface area contributed by atoms with E-state index in [4.69, 9.17) is 9.47 Å². The fourth-order valence-corrected chi connectivity index (χ4v) is 9.45. The molecule has 5 aromatic rings. The van der Waals surface area contributed by atoms with Crippen molar-refractivity contribution in [3.63, 3.8) is 0 Å². The van der Waals surface area contributed by atoms with Crippen molar-refractivity contribution in [2.24, 2.45) is 0 Å². The molecular formula is C39H33N3O2+2. The minimum Gasteiger partial charge on any atom is -0.455 e. The lowest BCUT2D eigenvalue weighted by atomic mass is 9.64. The first-order valence-electron chi connectivity index (χ1n) is 15.8. The van der Waals surface area contributed by atoms with Gasteiger partial charge in [-0.05, 0) is 41.3 Å². The molecular weight excluding hydrogens is 542 g/mol. The number of nitrogens with zero attached hydrogens (tertiary/aromatic N) is 3. The maximum Gasteiger partial charge on any atom is 0.381 e. The quantitative estimate of drug-likeness (QED) is 0.171. The van der Waals surface area contributed by atoms with E-state index < -0.39 is 5.66 Å². The number of pyridine rings is 2. The summed E-state index contributed by atoms with van der Waals surface area (Å²) in [5.74, 6) is 4.76. The Hall–Kier alpha value is -4.64. The fraction of sp³-hybridized carbons (Fsp3) is 0.282. The Bertz CT molecular complexity index is 2270. The number of hydrogen-bond donors (Lipinski definition) is 0. The highest BCUT2D eigenvalue weighted by Gasteiger charge is 2.75. The van der Waals surface area contributed by atoms with E-state index in [2.05, 4.69) is 135 Å². The molecule has 0 saturated heterocycles.